The smallest absolute Gasteiger partial charge is 0.326 e. The van der Waals surface area contributed by atoms with Gasteiger partial charge in [0.05, 0.1) is 6.04 Å². The van der Waals surface area contributed by atoms with Gasteiger partial charge in [-0.05, 0) is 36.7 Å². The van der Waals surface area contributed by atoms with Crippen molar-refractivity contribution < 1.29 is 19.5 Å². The first kappa shape index (κ1) is 23.7. The summed E-state index contributed by atoms with van der Waals surface area (Å²) in [4.78, 5) is 36.1. The van der Waals surface area contributed by atoms with Gasteiger partial charge in [0.2, 0.25) is 11.8 Å². The molecule has 25 heavy (non-hydrogen) atoms. The molecule has 0 fully saturated rings. The van der Waals surface area contributed by atoms with Gasteiger partial charge in [-0.15, -0.1) is 0 Å². The van der Waals surface area contributed by atoms with Crippen molar-refractivity contribution in [3.63, 3.8) is 0 Å². The molecule has 0 bridgehead atoms. The molecule has 0 aliphatic rings. The van der Waals surface area contributed by atoms with E-state index in [9.17, 15) is 19.5 Å². The summed E-state index contributed by atoms with van der Waals surface area (Å²) in [5.41, 5.74) is 5.93. The highest BCUT2D eigenvalue weighted by Gasteiger charge is 2.29. The summed E-state index contributed by atoms with van der Waals surface area (Å²) in [7, 11) is 0. The highest BCUT2D eigenvalue weighted by atomic mass is 32.2. The fourth-order valence-electron chi connectivity index (χ4n) is 2.25. The van der Waals surface area contributed by atoms with Crippen LogP contribution in [0.25, 0.3) is 0 Å². The number of carboxylic acids is 1. The van der Waals surface area contributed by atoms with Crippen LogP contribution in [-0.4, -0.2) is 53.0 Å². The van der Waals surface area contributed by atoms with E-state index >= 15 is 0 Å². The van der Waals surface area contributed by atoms with Gasteiger partial charge in [-0.1, -0.05) is 34.1 Å². The number of nitrogens with two attached hydrogens (primary N) is 1. The number of carbonyl (C=O) groups excluding carboxylic acids is 2. The van der Waals surface area contributed by atoms with Crippen LogP contribution in [0.2, 0.25) is 0 Å². The van der Waals surface area contributed by atoms with Gasteiger partial charge >= 0.3 is 5.97 Å². The summed E-state index contributed by atoms with van der Waals surface area (Å²) in [6.45, 7) is 7.69. The molecule has 2 amide bonds. The molecule has 5 N–H and O–H groups in total. The maximum Gasteiger partial charge on any atom is 0.326 e. The Labute approximate surface area is 154 Å². The van der Waals surface area contributed by atoms with Crippen LogP contribution in [0.5, 0.6) is 0 Å². The summed E-state index contributed by atoms with van der Waals surface area (Å²) >= 11 is 1.51. The lowest BCUT2D eigenvalue weighted by molar-refractivity contribution is -0.142. The number of rotatable bonds is 12. The maximum atomic E-state index is 12.5. The number of carbonyl (C=O) groups is 3. The van der Waals surface area contributed by atoms with Crippen molar-refractivity contribution in [3.05, 3.63) is 0 Å². The molecular weight excluding hydrogens is 342 g/mol. The van der Waals surface area contributed by atoms with Gasteiger partial charge in [0.15, 0.2) is 0 Å². The zero-order chi connectivity index (χ0) is 19.6. The van der Waals surface area contributed by atoms with Crippen LogP contribution >= 0.6 is 11.8 Å². The van der Waals surface area contributed by atoms with E-state index in [0.717, 1.165) is 6.42 Å². The Balaban J connectivity index is 5.02. The third kappa shape index (κ3) is 9.11. The van der Waals surface area contributed by atoms with Crippen molar-refractivity contribution in [2.45, 2.75) is 65.1 Å². The van der Waals surface area contributed by atoms with Crippen LogP contribution in [0.1, 0.15) is 47.0 Å². The van der Waals surface area contributed by atoms with E-state index in [0.29, 0.717) is 18.6 Å². The molecule has 0 aliphatic heterocycles. The monoisotopic (exact) mass is 375 g/mol. The highest BCUT2D eigenvalue weighted by molar-refractivity contribution is 7.98. The minimum Gasteiger partial charge on any atom is -0.480 e. The molecule has 146 valence electrons. The van der Waals surface area contributed by atoms with Crippen molar-refractivity contribution in [2.24, 2.45) is 17.6 Å². The Kier molecular flexibility index (Phi) is 11.5. The lowest BCUT2D eigenvalue weighted by Gasteiger charge is -2.25. The first-order chi connectivity index (χ1) is 11.6. The van der Waals surface area contributed by atoms with Crippen LogP contribution in [0.15, 0.2) is 0 Å². The fourth-order valence-corrected chi connectivity index (χ4v) is 2.72. The second kappa shape index (κ2) is 12.1. The molecule has 0 aromatic rings. The van der Waals surface area contributed by atoms with Crippen molar-refractivity contribution in [1.82, 2.24) is 10.6 Å². The van der Waals surface area contributed by atoms with Crippen molar-refractivity contribution >= 4 is 29.5 Å². The Morgan fingerprint density at radius 1 is 1.08 bits per heavy atom. The van der Waals surface area contributed by atoms with Gasteiger partial charge in [0.25, 0.3) is 0 Å². The Bertz CT molecular complexity index is 446. The first-order valence-electron chi connectivity index (χ1n) is 8.72. The predicted octanol–water partition coefficient (Wildman–Crippen LogP) is 1.21. The maximum absolute atomic E-state index is 12.5. The molecule has 0 heterocycles. The van der Waals surface area contributed by atoms with Crippen molar-refractivity contribution in [1.29, 1.82) is 0 Å². The number of carboxylic acid groups (broad SMARTS) is 1. The van der Waals surface area contributed by atoms with Gasteiger partial charge < -0.3 is 21.5 Å². The Morgan fingerprint density at radius 2 is 1.64 bits per heavy atom. The molecule has 0 saturated carbocycles. The summed E-state index contributed by atoms with van der Waals surface area (Å²) in [5.74, 6) is -1.16. The summed E-state index contributed by atoms with van der Waals surface area (Å²) in [6.07, 6.45) is 3.38. The third-order valence-electron chi connectivity index (χ3n) is 4.13. The van der Waals surface area contributed by atoms with Crippen LogP contribution in [0.4, 0.5) is 0 Å². The number of nitrogens with one attached hydrogen (secondary N) is 2. The summed E-state index contributed by atoms with van der Waals surface area (Å²) in [5, 5.41) is 14.5. The summed E-state index contributed by atoms with van der Waals surface area (Å²) < 4.78 is 0. The second-order valence-electron chi connectivity index (χ2n) is 6.78. The largest absolute Gasteiger partial charge is 0.480 e. The molecule has 0 aliphatic carbocycles. The molecule has 7 nitrogen and oxygen atoms in total. The van der Waals surface area contributed by atoms with E-state index in [1.165, 1.54) is 11.8 Å². The number of amides is 2. The van der Waals surface area contributed by atoms with E-state index in [1.807, 2.05) is 34.0 Å². The highest BCUT2D eigenvalue weighted by Crippen LogP contribution is 2.10. The van der Waals surface area contributed by atoms with E-state index in [-0.39, 0.29) is 17.7 Å². The minimum atomic E-state index is -1.08. The van der Waals surface area contributed by atoms with Crippen molar-refractivity contribution in [2.75, 3.05) is 12.0 Å². The molecule has 0 spiro atoms. The number of hydrogen-bond donors (Lipinski definition) is 4. The third-order valence-corrected chi connectivity index (χ3v) is 4.77. The van der Waals surface area contributed by atoms with E-state index < -0.39 is 30.0 Å². The predicted molar refractivity (Wildman–Crippen MR) is 101 cm³/mol. The van der Waals surface area contributed by atoms with E-state index in [4.69, 9.17) is 5.73 Å². The molecule has 0 aromatic carbocycles. The lowest BCUT2D eigenvalue weighted by Crippen LogP contribution is -2.55. The van der Waals surface area contributed by atoms with Crippen LogP contribution in [0, 0.1) is 11.8 Å². The lowest BCUT2D eigenvalue weighted by atomic mass is 9.97. The molecule has 0 saturated heterocycles. The van der Waals surface area contributed by atoms with Gasteiger partial charge in [0.1, 0.15) is 12.1 Å². The molecule has 0 radical (unpaired) electrons. The molecule has 0 rings (SSSR count). The van der Waals surface area contributed by atoms with Crippen LogP contribution < -0.4 is 16.4 Å². The molecule has 8 heteroatoms. The number of hydrogen-bond acceptors (Lipinski definition) is 5. The van der Waals surface area contributed by atoms with Gasteiger partial charge in [0, 0.05) is 0 Å². The second-order valence-corrected chi connectivity index (χ2v) is 7.77. The van der Waals surface area contributed by atoms with Crippen molar-refractivity contribution in [3.8, 4) is 0 Å². The van der Waals surface area contributed by atoms with Gasteiger partial charge in [-0.25, -0.2) is 4.79 Å². The normalized spacial score (nSPS) is 16.0. The average molecular weight is 376 g/mol. The minimum absolute atomic E-state index is 0.00360. The molecule has 4 unspecified atom stereocenters. The zero-order valence-electron chi connectivity index (χ0n) is 15.9. The standard InChI is InChI=1S/C17H33N3O4S/c1-6-11(4)14(18)16(22)20-13(9-10(2)3)15(21)19-12(17(23)24)7-8-25-5/h10-14H,6-9,18H2,1-5H3,(H,19,21)(H,20,22)(H,23,24). The molecular formula is C17H33N3O4S. The molecule has 0 aromatic heterocycles. The fraction of sp³-hybridized carbons (Fsp3) is 0.824. The van der Waals surface area contributed by atoms with Gasteiger partial charge in [-0.2, -0.15) is 11.8 Å². The SMILES string of the molecule is CCC(C)C(N)C(=O)NC(CC(C)C)C(=O)NC(CCSC)C(=O)O. The van der Waals surface area contributed by atoms with Crippen LogP contribution in [0.3, 0.4) is 0 Å². The zero-order valence-corrected chi connectivity index (χ0v) is 16.7. The number of thioether (sulfide) groups is 1. The average Bonchev–Trinajstić information content (AvgIpc) is 2.55. The van der Waals surface area contributed by atoms with Gasteiger partial charge in [-0.3, -0.25) is 9.59 Å². The number of aliphatic carboxylic acids is 1. The Morgan fingerprint density at radius 3 is 2.08 bits per heavy atom. The Hall–Kier alpha value is -1.28. The van der Waals surface area contributed by atoms with E-state index in [1.54, 1.807) is 0 Å². The van der Waals surface area contributed by atoms with Crippen LogP contribution in [-0.2, 0) is 14.4 Å². The van der Waals surface area contributed by atoms with E-state index in [2.05, 4.69) is 10.6 Å². The molecule has 4 atom stereocenters. The quantitative estimate of drug-likeness (QED) is 0.407. The summed E-state index contributed by atoms with van der Waals surface area (Å²) in [6, 6.07) is -2.45. The first-order valence-corrected chi connectivity index (χ1v) is 10.1. The topological polar surface area (TPSA) is 122 Å².